The minimum Gasteiger partial charge on any atom is -0.300 e. The molecular weight excluding hydrogens is 815 g/mol. The maximum absolute atomic E-state index is 2.74. The highest BCUT2D eigenvalue weighted by atomic mass is 32.2. The molecule has 14 aliphatic rings. The van der Waals surface area contributed by atoms with Crippen LogP contribution in [-0.4, -0.2) is 45.0 Å². The molecule has 0 N–H and O–H groups in total. The number of thioether (sulfide) groups is 3. The number of hydrogen-bond donors (Lipinski definition) is 0. The van der Waals surface area contributed by atoms with Gasteiger partial charge in [-0.2, -0.15) is 23.1 Å². The highest BCUT2D eigenvalue weighted by Gasteiger charge is 2.50. The fraction of sp³-hybridized carbons (Fsp3) is 0.857. The summed E-state index contributed by atoms with van der Waals surface area (Å²) in [4.78, 5) is 2.74. The van der Waals surface area contributed by atoms with Gasteiger partial charge in [-0.05, 0) is 207 Å². The van der Waals surface area contributed by atoms with Gasteiger partial charge >= 0.3 is 0 Å². The second-order valence-corrected chi connectivity index (χ2v) is 27.8. The van der Waals surface area contributed by atoms with Crippen LogP contribution in [0.4, 0.5) is 0 Å². The van der Waals surface area contributed by atoms with Gasteiger partial charge in [0.15, 0.2) is 0 Å². The summed E-state index contributed by atoms with van der Waals surface area (Å²) in [5, 5.41) is 13.6. The van der Waals surface area contributed by atoms with Gasteiger partial charge in [0.05, 0.1) is 0 Å². The van der Waals surface area contributed by atoms with E-state index in [2.05, 4.69) is 81.0 Å². The Morgan fingerprint density at radius 2 is 1.05 bits per heavy atom. The van der Waals surface area contributed by atoms with Crippen molar-refractivity contribution < 1.29 is 0 Å². The van der Waals surface area contributed by atoms with E-state index in [4.69, 9.17) is 0 Å². The van der Waals surface area contributed by atoms with Crippen molar-refractivity contribution >= 4 is 46.6 Å². The summed E-state index contributed by atoms with van der Waals surface area (Å²) in [6, 6.07) is 1.96. The molecule has 9 saturated carbocycles. The van der Waals surface area contributed by atoms with Crippen LogP contribution in [0.2, 0.25) is 0 Å². The lowest BCUT2D eigenvalue weighted by atomic mass is 9.78. The lowest BCUT2D eigenvalue weighted by Gasteiger charge is -2.31. The van der Waals surface area contributed by atoms with Crippen LogP contribution in [0.25, 0.3) is 0 Å². The fourth-order valence-corrected chi connectivity index (χ4v) is 23.6. The highest BCUT2D eigenvalue weighted by molar-refractivity contribution is 8.03. The van der Waals surface area contributed by atoms with E-state index in [9.17, 15) is 0 Å². The first kappa shape index (κ1) is 43.7. The van der Waals surface area contributed by atoms with Gasteiger partial charge in [0.25, 0.3) is 0 Å². The molecule has 1 aromatic rings. The average molecular weight is 901 g/mol. The predicted octanol–water partition coefficient (Wildman–Crippen LogP) is 16.6. The SMILES string of the molecule is C1=CC2C(CC3CCCCC32)S1.C1=CC2CC3CCCCC3C2S1.C1CCC2C(C1)SC1CCCC12.CN1C2CCCCC2C2CCCC21.c1scc2c1CC1CCCCC21. The van der Waals surface area contributed by atoms with Gasteiger partial charge in [0.2, 0.25) is 0 Å². The Kier molecular flexibility index (Phi) is 14.5. The summed E-state index contributed by atoms with van der Waals surface area (Å²) < 4.78 is 0. The Bertz CT molecular complexity index is 1620. The van der Waals surface area contributed by atoms with Gasteiger partial charge in [-0.15, -0.1) is 23.5 Å². The van der Waals surface area contributed by atoms with Crippen LogP contribution in [0.15, 0.2) is 33.7 Å². The summed E-state index contributed by atoms with van der Waals surface area (Å²) in [5.41, 5.74) is 3.39. The van der Waals surface area contributed by atoms with E-state index in [1.807, 2.05) is 11.3 Å². The smallest absolute Gasteiger partial charge is 0.0182 e. The molecule has 10 aliphatic carbocycles. The minimum atomic E-state index is 0.958. The van der Waals surface area contributed by atoms with Crippen LogP contribution in [-0.2, 0) is 6.42 Å². The molecule has 2 saturated heterocycles. The molecule has 11 fully saturated rings. The lowest BCUT2D eigenvalue weighted by Crippen LogP contribution is -2.35. The Balaban J connectivity index is 0.0000000861. The van der Waals surface area contributed by atoms with Crippen molar-refractivity contribution in [1.82, 2.24) is 4.90 Å². The van der Waals surface area contributed by atoms with E-state index in [1.54, 1.807) is 36.8 Å². The number of rotatable bonds is 0. The number of fused-ring (bicyclic) bond motifs is 15. The molecule has 338 valence electrons. The van der Waals surface area contributed by atoms with Crippen molar-refractivity contribution in [1.29, 1.82) is 0 Å². The Hall–Kier alpha value is 0.190. The van der Waals surface area contributed by atoms with E-state index in [1.165, 1.54) is 161 Å². The first-order valence-electron chi connectivity index (χ1n) is 27.2. The standard InChI is InChI=1S/C12H21N.C11H18S.C11H14S.2C11H16S/c1-13-11-7-3-2-5-9(11)10-6-4-8-12(10)13;1-2-6-10-8(4-1)9-5-3-7-11(9)12-10;1-2-4-10-8(3-1)5-9-6-12-7-11(9)10;1-2-4-10-8(3-1)7-9-5-6-12-11(9)10;1-2-4-9-8(3-1)7-11-10(9)5-6-12-11/h9-12H,2-8H2,1H3;8-11H,1-7H2;6-8,10H,1-5H2;2*5-6,8-11H,1-4,7H2. The molecule has 0 bridgehead atoms. The number of thiophene rings is 1. The fourth-order valence-electron chi connectivity index (χ4n) is 17.8. The first-order valence-corrected chi connectivity index (χ1v) is 31.0. The van der Waals surface area contributed by atoms with Crippen LogP contribution in [0.5, 0.6) is 0 Å². The van der Waals surface area contributed by atoms with Crippen molar-refractivity contribution in [2.24, 2.45) is 65.1 Å². The summed E-state index contributed by atoms with van der Waals surface area (Å²) in [6.45, 7) is 0. The number of allylic oxidation sites excluding steroid dienone is 2. The van der Waals surface area contributed by atoms with Gasteiger partial charge in [-0.1, -0.05) is 102 Å². The zero-order chi connectivity index (χ0) is 40.7. The quantitative estimate of drug-likeness (QED) is 0.255. The molecule has 0 amide bonds. The van der Waals surface area contributed by atoms with E-state index in [0.717, 1.165) is 104 Å². The second-order valence-electron chi connectivity index (χ2n) is 23.4. The van der Waals surface area contributed by atoms with Gasteiger partial charge in [0.1, 0.15) is 0 Å². The molecule has 18 atom stereocenters. The third kappa shape index (κ3) is 9.16. The minimum absolute atomic E-state index is 0.958. The normalized spacial score (nSPS) is 47.4. The zero-order valence-electron chi connectivity index (χ0n) is 38.4. The van der Waals surface area contributed by atoms with Gasteiger partial charge < -0.3 is 0 Å². The third-order valence-electron chi connectivity index (χ3n) is 20.6. The number of hydrogen-bond acceptors (Lipinski definition) is 5. The number of likely N-dealkylation sites (tertiary alicyclic amines) is 1. The molecule has 15 rings (SSSR count). The molecule has 0 aromatic carbocycles. The molecule has 5 heteroatoms. The third-order valence-corrected chi connectivity index (χ3v) is 25.7. The van der Waals surface area contributed by atoms with E-state index >= 15 is 0 Å². The molecule has 4 aliphatic heterocycles. The molecule has 0 radical (unpaired) electrons. The summed E-state index contributed by atoms with van der Waals surface area (Å²) >= 11 is 8.48. The van der Waals surface area contributed by atoms with E-state index in [0.29, 0.717) is 0 Å². The Morgan fingerprint density at radius 1 is 0.475 bits per heavy atom. The maximum atomic E-state index is 2.74. The van der Waals surface area contributed by atoms with Crippen molar-refractivity contribution in [2.45, 2.75) is 225 Å². The van der Waals surface area contributed by atoms with E-state index in [-0.39, 0.29) is 0 Å². The van der Waals surface area contributed by atoms with Gasteiger partial charge in [0, 0.05) is 33.1 Å². The summed E-state index contributed by atoms with van der Waals surface area (Å²) in [7, 11) is 2.39. The lowest BCUT2D eigenvalue weighted by molar-refractivity contribution is 0.180. The molecule has 0 spiro atoms. The number of nitrogens with zero attached hydrogens (tertiary/aromatic N) is 1. The molecule has 18 unspecified atom stereocenters. The molecule has 1 aromatic heterocycles. The Labute approximate surface area is 391 Å². The topological polar surface area (TPSA) is 3.24 Å². The molecular formula is C56H85NS4. The average Bonchev–Trinajstić information content (AvgIpc) is 4.13. The summed E-state index contributed by atoms with van der Waals surface area (Å²) in [6.07, 6.45) is 48.8. The Morgan fingerprint density at radius 3 is 1.87 bits per heavy atom. The van der Waals surface area contributed by atoms with E-state index < -0.39 is 0 Å². The largest absolute Gasteiger partial charge is 0.300 e. The van der Waals surface area contributed by atoms with Crippen molar-refractivity contribution in [3.63, 3.8) is 0 Å². The maximum Gasteiger partial charge on any atom is 0.0182 e. The molecule has 1 nitrogen and oxygen atoms in total. The highest BCUT2D eigenvalue weighted by Crippen LogP contribution is 2.57. The molecule has 5 heterocycles. The van der Waals surface area contributed by atoms with Crippen LogP contribution in [0, 0.1) is 65.1 Å². The van der Waals surface area contributed by atoms with Crippen molar-refractivity contribution in [3.05, 3.63) is 44.9 Å². The zero-order valence-corrected chi connectivity index (χ0v) is 41.7. The second kappa shape index (κ2) is 20.2. The van der Waals surface area contributed by atoms with Crippen LogP contribution >= 0.6 is 46.6 Å². The van der Waals surface area contributed by atoms with Crippen molar-refractivity contribution in [3.8, 4) is 0 Å². The summed E-state index contributed by atoms with van der Waals surface area (Å²) in [5.74, 6) is 12.8. The van der Waals surface area contributed by atoms with Crippen molar-refractivity contribution in [2.75, 3.05) is 7.05 Å². The first-order chi connectivity index (χ1) is 30.2. The predicted molar refractivity (Wildman–Crippen MR) is 270 cm³/mol. The molecule has 61 heavy (non-hydrogen) atoms. The monoisotopic (exact) mass is 900 g/mol. The van der Waals surface area contributed by atoms with Gasteiger partial charge in [-0.3, -0.25) is 4.90 Å². The van der Waals surface area contributed by atoms with Crippen LogP contribution in [0.3, 0.4) is 0 Å². The van der Waals surface area contributed by atoms with Crippen LogP contribution in [0.1, 0.15) is 197 Å². The van der Waals surface area contributed by atoms with Crippen LogP contribution < -0.4 is 0 Å². The van der Waals surface area contributed by atoms with Gasteiger partial charge in [-0.25, -0.2) is 0 Å².